The van der Waals surface area contributed by atoms with Crippen molar-refractivity contribution in [1.29, 1.82) is 0 Å². The minimum absolute atomic E-state index is 0.130. The van der Waals surface area contributed by atoms with Gasteiger partial charge >= 0.3 is 5.97 Å². The van der Waals surface area contributed by atoms with Crippen molar-refractivity contribution in [3.8, 4) is 0 Å². The monoisotopic (exact) mass is 222 g/mol. The van der Waals surface area contributed by atoms with Crippen molar-refractivity contribution in [2.24, 2.45) is 5.92 Å². The predicted molar refractivity (Wildman–Crippen MR) is 58.4 cm³/mol. The van der Waals surface area contributed by atoms with E-state index in [0.717, 1.165) is 12.8 Å². The Kier molecular flexibility index (Phi) is 3.05. The molecule has 1 aromatic heterocycles. The van der Waals surface area contributed by atoms with Crippen molar-refractivity contribution in [2.75, 3.05) is 11.9 Å². The summed E-state index contributed by atoms with van der Waals surface area (Å²) in [6.45, 7) is 0.349. The molecule has 0 radical (unpaired) electrons. The number of pyridine rings is 1. The lowest BCUT2D eigenvalue weighted by Gasteiger charge is -2.12. The summed E-state index contributed by atoms with van der Waals surface area (Å²) in [7, 11) is 0. The molecule has 2 rings (SSSR count). The van der Waals surface area contributed by atoms with Gasteiger partial charge in [-0.3, -0.25) is 0 Å². The number of hydrogen-bond donors (Lipinski definition) is 3. The molecular weight excluding hydrogens is 208 g/mol. The third-order valence-electron chi connectivity index (χ3n) is 2.68. The van der Waals surface area contributed by atoms with Crippen LogP contribution in [0.1, 0.15) is 23.2 Å². The van der Waals surface area contributed by atoms with Crippen LogP contribution in [-0.4, -0.2) is 33.8 Å². The highest BCUT2D eigenvalue weighted by Gasteiger charge is 2.29. The van der Waals surface area contributed by atoms with Gasteiger partial charge in [0, 0.05) is 12.7 Å². The normalized spacial score (nSPS) is 16.8. The van der Waals surface area contributed by atoms with Crippen LogP contribution in [0.5, 0.6) is 0 Å². The van der Waals surface area contributed by atoms with Gasteiger partial charge in [0.25, 0.3) is 0 Å². The molecular formula is C11H14N2O3. The summed E-state index contributed by atoms with van der Waals surface area (Å²) in [6, 6.07) is 3.06. The number of carbonyl (C=O) groups is 1. The van der Waals surface area contributed by atoms with E-state index in [-0.39, 0.29) is 5.56 Å². The number of aromatic carboxylic acids is 1. The molecule has 0 amide bonds. The molecule has 1 atom stereocenters. The molecule has 1 saturated carbocycles. The van der Waals surface area contributed by atoms with Gasteiger partial charge in [0.2, 0.25) is 0 Å². The molecule has 1 aromatic rings. The molecule has 16 heavy (non-hydrogen) atoms. The lowest BCUT2D eigenvalue weighted by Crippen LogP contribution is -2.22. The zero-order chi connectivity index (χ0) is 11.5. The van der Waals surface area contributed by atoms with Gasteiger partial charge in [-0.2, -0.15) is 0 Å². The smallest absolute Gasteiger partial charge is 0.339 e. The van der Waals surface area contributed by atoms with Gasteiger partial charge in [-0.25, -0.2) is 9.78 Å². The van der Waals surface area contributed by atoms with E-state index in [2.05, 4.69) is 10.3 Å². The van der Waals surface area contributed by atoms with E-state index in [0.29, 0.717) is 18.3 Å². The van der Waals surface area contributed by atoms with Crippen molar-refractivity contribution in [1.82, 2.24) is 4.98 Å². The van der Waals surface area contributed by atoms with E-state index in [4.69, 9.17) is 5.11 Å². The Morgan fingerprint density at radius 3 is 3.00 bits per heavy atom. The van der Waals surface area contributed by atoms with Crippen LogP contribution in [-0.2, 0) is 0 Å². The summed E-state index contributed by atoms with van der Waals surface area (Å²) in [5, 5.41) is 21.4. The van der Waals surface area contributed by atoms with E-state index in [1.165, 1.54) is 12.3 Å². The summed E-state index contributed by atoms with van der Waals surface area (Å²) >= 11 is 0. The van der Waals surface area contributed by atoms with Gasteiger partial charge in [0.15, 0.2) is 0 Å². The molecule has 5 heteroatoms. The van der Waals surface area contributed by atoms with Gasteiger partial charge in [0.05, 0.1) is 6.10 Å². The average molecular weight is 222 g/mol. The molecule has 0 saturated heterocycles. The van der Waals surface area contributed by atoms with Crippen molar-refractivity contribution in [3.05, 3.63) is 23.9 Å². The van der Waals surface area contributed by atoms with Gasteiger partial charge in [-0.1, -0.05) is 0 Å². The summed E-state index contributed by atoms with van der Waals surface area (Å²) in [6.07, 6.45) is 3.22. The van der Waals surface area contributed by atoms with Crippen LogP contribution in [0.15, 0.2) is 18.3 Å². The summed E-state index contributed by atoms with van der Waals surface area (Å²) in [5.74, 6) is -0.337. The largest absolute Gasteiger partial charge is 0.478 e. The SMILES string of the molecule is O=C(O)c1cccnc1NCC(O)C1CC1. The van der Waals surface area contributed by atoms with E-state index in [1.54, 1.807) is 6.07 Å². The quantitative estimate of drug-likeness (QED) is 0.691. The number of aromatic nitrogens is 1. The summed E-state index contributed by atoms with van der Waals surface area (Å²) in [5.41, 5.74) is 0.130. The zero-order valence-electron chi connectivity index (χ0n) is 8.76. The molecule has 0 aliphatic heterocycles. The first kappa shape index (κ1) is 10.9. The van der Waals surface area contributed by atoms with E-state index < -0.39 is 12.1 Å². The molecule has 3 N–H and O–H groups in total. The number of nitrogens with one attached hydrogen (secondary N) is 1. The van der Waals surface area contributed by atoms with Crippen molar-refractivity contribution < 1.29 is 15.0 Å². The highest BCUT2D eigenvalue weighted by molar-refractivity contribution is 5.92. The molecule has 0 bridgehead atoms. The van der Waals surface area contributed by atoms with Crippen LogP contribution < -0.4 is 5.32 Å². The second kappa shape index (κ2) is 4.49. The maximum Gasteiger partial charge on any atom is 0.339 e. The minimum Gasteiger partial charge on any atom is -0.478 e. The number of hydrogen-bond acceptors (Lipinski definition) is 4. The fraction of sp³-hybridized carbons (Fsp3) is 0.455. The first-order valence-electron chi connectivity index (χ1n) is 5.28. The fourth-order valence-electron chi connectivity index (χ4n) is 1.57. The van der Waals surface area contributed by atoms with Crippen LogP contribution in [0.4, 0.5) is 5.82 Å². The highest BCUT2D eigenvalue weighted by atomic mass is 16.4. The van der Waals surface area contributed by atoms with Crippen LogP contribution in [0.3, 0.4) is 0 Å². The van der Waals surface area contributed by atoms with Crippen LogP contribution in [0.25, 0.3) is 0 Å². The van der Waals surface area contributed by atoms with E-state index >= 15 is 0 Å². The Morgan fingerprint density at radius 2 is 2.38 bits per heavy atom. The van der Waals surface area contributed by atoms with Gasteiger partial charge in [-0.15, -0.1) is 0 Å². The lowest BCUT2D eigenvalue weighted by atomic mass is 10.2. The topological polar surface area (TPSA) is 82.5 Å². The molecule has 1 aliphatic rings. The Morgan fingerprint density at radius 1 is 1.62 bits per heavy atom. The van der Waals surface area contributed by atoms with Crippen molar-refractivity contribution in [3.63, 3.8) is 0 Å². The molecule has 1 fully saturated rings. The number of anilines is 1. The van der Waals surface area contributed by atoms with Crippen molar-refractivity contribution in [2.45, 2.75) is 18.9 Å². The highest BCUT2D eigenvalue weighted by Crippen LogP contribution is 2.32. The molecule has 0 spiro atoms. The van der Waals surface area contributed by atoms with Crippen LogP contribution in [0, 0.1) is 5.92 Å². The summed E-state index contributed by atoms with van der Waals surface area (Å²) in [4.78, 5) is 14.8. The predicted octanol–water partition coefficient (Wildman–Crippen LogP) is 0.963. The first-order chi connectivity index (χ1) is 7.68. The maximum absolute atomic E-state index is 10.9. The minimum atomic E-state index is -1.02. The molecule has 5 nitrogen and oxygen atoms in total. The first-order valence-corrected chi connectivity index (χ1v) is 5.28. The van der Waals surface area contributed by atoms with E-state index in [9.17, 15) is 9.90 Å². The third kappa shape index (κ3) is 2.49. The number of nitrogens with zero attached hydrogens (tertiary/aromatic N) is 1. The van der Waals surface area contributed by atoms with Gasteiger partial charge in [0.1, 0.15) is 11.4 Å². The van der Waals surface area contributed by atoms with Crippen molar-refractivity contribution >= 4 is 11.8 Å². The molecule has 1 aliphatic carbocycles. The summed E-state index contributed by atoms with van der Waals surface area (Å²) < 4.78 is 0. The van der Waals surface area contributed by atoms with Gasteiger partial charge < -0.3 is 15.5 Å². The standard InChI is InChI=1S/C11H14N2O3/c14-9(7-3-4-7)6-13-10-8(11(15)16)2-1-5-12-10/h1-2,5,7,9,14H,3-4,6H2,(H,12,13)(H,15,16). The third-order valence-corrected chi connectivity index (χ3v) is 2.68. The Balaban J connectivity index is 1.99. The lowest BCUT2D eigenvalue weighted by molar-refractivity contribution is 0.0697. The maximum atomic E-state index is 10.9. The molecule has 1 heterocycles. The molecule has 0 aromatic carbocycles. The zero-order valence-corrected chi connectivity index (χ0v) is 8.76. The van der Waals surface area contributed by atoms with Crippen LogP contribution >= 0.6 is 0 Å². The van der Waals surface area contributed by atoms with Crippen LogP contribution in [0.2, 0.25) is 0 Å². The molecule has 1 unspecified atom stereocenters. The number of aliphatic hydroxyl groups excluding tert-OH is 1. The Labute approximate surface area is 93.1 Å². The Bertz CT molecular complexity index is 391. The number of rotatable bonds is 5. The van der Waals surface area contributed by atoms with Gasteiger partial charge in [-0.05, 0) is 30.9 Å². The average Bonchev–Trinajstić information content (AvgIpc) is 3.10. The fourth-order valence-corrected chi connectivity index (χ4v) is 1.57. The van der Waals surface area contributed by atoms with E-state index in [1.807, 2.05) is 0 Å². The molecule has 86 valence electrons. The number of carboxylic acid groups (broad SMARTS) is 1. The number of aliphatic hydroxyl groups is 1. The Hall–Kier alpha value is -1.62. The second-order valence-corrected chi connectivity index (χ2v) is 3.99. The number of carboxylic acids is 1. The second-order valence-electron chi connectivity index (χ2n) is 3.99.